The fraction of sp³-hybridized carbons (Fsp3) is 0.333. The molecule has 2 rings (SSSR count). The van der Waals surface area contributed by atoms with Crippen LogP contribution in [-0.2, 0) is 0 Å². The van der Waals surface area contributed by atoms with Crippen LogP contribution in [0.3, 0.4) is 0 Å². The van der Waals surface area contributed by atoms with Crippen LogP contribution in [0.25, 0.3) is 0 Å². The second-order valence-corrected chi connectivity index (χ2v) is 5.73. The zero-order valence-electron chi connectivity index (χ0n) is 12.8. The van der Waals surface area contributed by atoms with Crippen molar-refractivity contribution in [2.24, 2.45) is 0 Å². The Morgan fingerprint density at radius 2 is 1.65 bits per heavy atom. The van der Waals surface area contributed by atoms with Crippen molar-refractivity contribution in [3.63, 3.8) is 0 Å². The van der Waals surface area contributed by atoms with E-state index in [0.717, 1.165) is 5.70 Å². The maximum atomic E-state index is 3.50. The topological polar surface area (TPSA) is 24.1 Å². The number of benzene rings is 1. The van der Waals surface area contributed by atoms with E-state index in [2.05, 4.69) is 62.6 Å². The van der Waals surface area contributed by atoms with Gasteiger partial charge in [-0.25, -0.2) is 0 Å². The largest absolute Gasteiger partial charge is 0.361 e. The number of para-hydroxylation sites is 1. The van der Waals surface area contributed by atoms with E-state index in [1.807, 2.05) is 24.6 Å². The normalized spacial score (nSPS) is 16.0. The highest BCUT2D eigenvalue weighted by Crippen LogP contribution is 2.32. The number of hydrogen-bond acceptors (Lipinski definition) is 2. The Hall–Kier alpha value is -1.96. The van der Waals surface area contributed by atoms with Crippen LogP contribution in [0.15, 0.2) is 54.5 Å². The van der Waals surface area contributed by atoms with Crippen LogP contribution in [-0.4, -0.2) is 0 Å². The molecule has 1 aliphatic heterocycles. The minimum Gasteiger partial charge on any atom is -0.361 e. The van der Waals surface area contributed by atoms with Gasteiger partial charge in [-0.2, -0.15) is 0 Å². The van der Waals surface area contributed by atoms with Crippen molar-refractivity contribution in [3.8, 4) is 0 Å². The predicted octanol–water partition coefficient (Wildman–Crippen LogP) is 4.86. The molecule has 0 saturated carbocycles. The molecule has 1 aromatic rings. The predicted molar refractivity (Wildman–Crippen MR) is 87.7 cm³/mol. The molecule has 0 amide bonds. The molecule has 0 aliphatic carbocycles. The fourth-order valence-electron chi connectivity index (χ4n) is 2.36. The first-order valence-electron chi connectivity index (χ1n) is 7.29. The summed E-state index contributed by atoms with van der Waals surface area (Å²) < 4.78 is 0. The third kappa shape index (κ3) is 3.32. The van der Waals surface area contributed by atoms with Crippen LogP contribution in [0.4, 0.5) is 5.69 Å². The van der Waals surface area contributed by atoms with Crippen molar-refractivity contribution in [2.45, 2.75) is 39.5 Å². The van der Waals surface area contributed by atoms with Gasteiger partial charge in [0.2, 0.25) is 0 Å². The number of hydrogen-bond donors (Lipinski definition) is 2. The number of nitrogens with one attached hydrogen (secondary N) is 2. The maximum Gasteiger partial charge on any atom is 0.0542 e. The van der Waals surface area contributed by atoms with Crippen molar-refractivity contribution >= 4 is 5.69 Å². The van der Waals surface area contributed by atoms with E-state index in [1.165, 1.54) is 16.8 Å². The molecule has 106 valence electrons. The summed E-state index contributed by atoms with van der Waals surface area (Å²) in [5, 5.41) is 6.72. The average Bonchev–Trinajstić information content (AvgIpc) is 2.45. The highest BCUT2D eigenvalue weighted by atomic mass is 14.9. The molecule has 2 heteroatoms. The summed E-state index contributed by atoms with van der Waals surface area (Å²) in [6, 6.07) is 6.58. The molecule has 0 saturated heterocycles. The van der Waals surface area contributed by atoms with E-state index in [1.54, 1.807) is 0 Å². The highest BCUT2D eigenvalue weighted by molar-refractivity contribution is 5.62. The van der Waals surface area contributed by atoms with Gasteiger partial charge in [0.05, 0.1) is 5.70 Å². The molecule has 0 radical (unpaired) electrons. The number of rotatable bonds is 4. The lowest BCUT2D eigenvalue weighted by Gasteiger charge is -2.20. The summed E-state index contributed by atoms with van der Waals surface area (Å²) in [6.07, 6.45) is 10.0. The van der Waals surface area contributed by atoms with E-state index < -0.39 is 0 Å². The molecule has 0 aromatic heterocycles. The minimum absolute atomic E-state index is 0.504. The van der Waals surface area contributed by atoms with Crippen LogP contribution in [0.2, 0.25) is 0 Å². The van der Waals surface area contributed by atoms with Gasteiger partial charge >= 0.3 is 0 Å². The Bertz CT molecular complexity index is 522. The Morgan fingerprint density at radius 1 is 1.00 bits per heavy atom. The van der Waals surface area contributed by atoms with E-state index in [9.17, 15) is 0 Å². The van der Waals surface area contributed by atoms with Gasteiger partial charge in [-0.15, -0.1) is 0 Å². The van der Waals surface area contributed by atoms with Gasteiger partial charge in [-0.3, -0.25) is 0 Å². The minimum atomic E-state index is 0.504. The molecule has 0 spiro atoms. The third-order valence-corrected chi connectivity index (χ3v) is 3.48. The second kappa shape index (κ2) is 6.47. The Kier molecular flexibility index (Phi) is 4.67. The summed E-state index contributed by atoms with van der Waals surface area (Å²) in [5.74, 6) is 1.01. The molecule has 0 bridgehead atoms. The van der Waals surface area contributed by atoms with E-state index in [4.69, 9.17) is 0 Å². The smallest absolute Gasteiger partial charge is 0.0542 e. The highest BCUT2D eigenvalue weighted by Gasteiger charge is 2.12. The Balaban J connectivity index is 2.33. The molecule has 0 fully saturated rings. The monoisotopic (exact) mass is 268 g/mol. The van der Waals surface area contributed by atoms with E-state index in [-0.39, 0.29) is 0 Å². The molecule has 1 heterocycles. The van der Waals surface area contributed by atoms with Crippen LogP contribution >= 0.6 is 0 Å². The number of anilines is 1. The molecular weight excluding hydrogens is 244 g/mol. The molecule has 1 aromatic carbocycles. The second-order valence-electron chi connectivity index (χ2n) is 5.73. The van der Waals surface area contributed by atoms with Gasteiger partial charge in [0, 0.05) is 18.1 Å². The lowest BCUT2D eigenvalue weighted by atomic mass is 9.93. The lowest BCUT2D eigenvalue weighted by Crippen LogP contribution is -2.09. The Labute approximate surface area is 122 Å². The number of allylic oxidation sites excluding steroid dienone is 3. The molecule has 1 aliphatic rings. The van der Waals surface area contributed by atoms with Crippen molar-refractivity contribution in [1.29, 1.82) is 0 Å². The van der Waals surface area contributed by atoms with Crippen molar-refractivity contribution in [2.75, 3.05) is 5.32 Å². The number of dihydropyridines is 1. The van der Waals surface area contributed by atoms with Gasteiger partial charge in [0.15, 0.2) is 0 Å². The zero-order valence-corrected chi connectivity index (χ0v) is 12.8. The van der Waals surface area contributed by atoms with Gasteiger partial charge in [-0.1, -0.05) is 52.0 Å². The van der Waals surface area contributed by atoms with Crippen molar-refractivity contribution in [1.82, 2.24) is 5.32 Å². The van der Waals surface area contributed by atoms with Crippen molar-refractivity contribution in [3.05, 3.63) is 65.7 Å². The first kappa shape index (κ1) is 14.4. The summed E-state index contributed by atoms with van der Waals surface area (Å²) >= 11 is 0. The quantitative estimate of drug-likeness (QED) is 0.815. The summed E-state index contributed by atoms with van der Waals surface area (Å²) in [5.41, 5.74) is 5.04. The van der Waals surface area contributed by atoms with Gasteiger partial charge in [0.25, 0.3) is 0 Å². The van der Waals surface area contributed by atoms with Crippen LogP contribution < -0.4 is 10.6 Å². The molecule has 2 nitrogen and oxygen atoms in total. The molecule has 20 heavy (non-hydrogen) atoms. The van der Waals surface area contributed by atoms with Crippen LogP contribution in [0, 0.1) is 0 Å². The van der Waals surface area contributed by atoms with Crippen LogP contribution in [0.1, 0.15) is 50.7 Å². The standard InChI is InChI=1S/C18H24N2/c1-13(2)16-9-7-10-17(14(3)4)18(16)20-12-15-8-5-6-11-19-15/h5-14,19-20H,1-4H3/b15-12-. The maximum absolute atomic E-state index is 3.50. The van der Waals surface area contributed by atoms with Crippen LogP contribution in [0.5, 0.6) is 0 Å². The average molecular weight is 268 g/mol. The molecule has 2 N–H and O–H groups in total. The van der Waals surface area contributed by atoms with Crippen molar-refractivity contribution < 1.29 is 0 Å². The first-order chi connectivity index (χ1) is 9.59. The SMILES string of the molecule is CC(C)c1cccc(C(C)C)c1N/C=C1/C=CC=CN1. The van der Waals surface area contributed by atoms with Gasteiger partial charge < -0.3 is 10.6 Å². The summed E-state index contributed by atoms with van der Waals surface area (Å²) in [6.45, 7) is 8.94. The van der Waals surface area contributed by atoms with E-state index in [0.29, 0.717) is 11.8 Å². The Morgan fingerprint density at radius 3 is 2.15 bits per heavy atom. The zero-order chi connectivity index (χ0) is 14.5. The fourth-order valence-corrected chi connectivity index (χ4v) is 2.36. The first-order valence-corrected chi connectivity index (χ1v) is 7.29. The summed E-state index contributed by atoms with van der Waals surface area (Å²) in [7, 11) is 0. The molecule has 0 atom stereocenters. The van der Waals surface area contributed by atoms with Gasteiger partial charge in [-0.05, 0) is 35.1 Å². The molecule has 0 unspecified atom stereocenters. The van der Waals surface area contributed by atoms with E-state index >= 15 is 0 Å². The third-order valence-electron chi connectivity index (χ3n) is 3.48. The summed E-state index contributed by atoms with van der Waals surface area (Å²) in [4.78, 5) is 0. The lowest BCUT2D eigenvalue weighted by molar-refractivity contribution is 0.838. The van der Waals surface area contributed by atoms with Gasteiger partial charge in [0.1, 0.15) is 0 Å². The molecular formula is C18H24N2.